The lowest BCUT2D eigenvalue weighted by Gasteiger charge is -2.13. The maximum Gasteiger partial charge on any atom is 0.341 e. The van der Waals surface area contributed by atoms with Crippen molar-refractivity contribution in [1.29, 1.82) is 0 Å². The number of hydrogen-bond acceptors (Lipinski definition) is 4. The van der Waals surface area contributed by atoms with E-state index in [0.29, 0.717) is 12.2 Å². The lowest BCUT2D eigenvalue weighted by molar-refractivity contribution is 0.234. The van der Waals surface area contributed by atoms with E-state index in [2.05, 4.69) is 5.32 Å². The lowest BCUT2D eigenvalue weighted by atomic mass is 10.2. The van der Waals surface area contributed by atoms with Crippen LogP contribution in [0.3, 0.4) is 0 Å². The number of rotatable bonds is 5. The van der Waals surface area contributed by atoms with Crippen LogP contribution in [0.1, 0.15) is 6.92 Å². The van der Waals surface area contributed by atoms with Crippen LogP contribution in [0.15, 0.2) is 29.2 Å². The monoisotopic (exact) mass is 264 g/mol. The molecule has 4 nitrogen and oxygen atoms in total. The molecule has 1 atom stereocenters. The molecule has 1 aromatic rings. The van der Waals surface area contributed by atoms with E-state index < -0.39 is 20.5 Å². The van der Waals surface area contributed by atoms with E-state index in [0.717, 1.165) is 12.1 Å². The summed E-state index contributed by atoms with van der Waals surface area (Å²) in [6.45, 7) is 2.26. The van der Waals surface area contributed by atoms with Crippen LogP contribution in [-0.2, 0) is 9.84 Å². The second kappa shape index (κ2) is 5.42. The van der Waals surface area contributed by atoms with Crippen molar-refractivity contribution < 1.29 is 17.2 Å². The SMILES string of the molecule is CC(CN)Nc1ccc(S(=O)(=O)C(F)F)cc1. The van der Waals surface area contributed by atoms with Crippen molar-refractivity contribution in [2.75, 3.05) is 11.9 Å². The number of anilines is 1. The molecule has 0 bridgehead atoms. The predicted octanol–water partition coefficient (Wildman–Crippen LogP) is 1.44. The van der Waals surface area contributed by atoms with Gasteiger partial charge < -0.3 is 11.1 Å². The van der Waals surface area contributed by atoms with E-state index >= 15 is 0 Å². The average Bonchev–Trinajstić information content (AvgIpc) is 2.29. The molecule has 7 heteroatoms. The summed E-state index contributed by atoms with van der Waals surface area (Å²) in [6.07, 6.45) is 0. The van der Waals surface area contributed by atoms with Crippen LogP contribution in [0.25, 0.3) is 0 Å². The Labute approximate surface area is 98.7 Å². The zero-order valence-corrected chi connectivity index (χ0v) is 10.0. The number of nitrogens with one attached hydrogen (secondary N) is 1. The van der Waals surface area contributed by atoms with Gasteiger partial charge in [0.15, 0.2) is 0 Å². The second-order valence-electron chi connectivity index (χ2n) is 3.61. The Morgan fingerprint density at radius 1 is 1.29 bits per heavy atom. The molecular weight excluding hydrogens is 250 g/mol. The van der Waals surface area contributed by atoms with Crippen LogP contribution < -0.4 is 11.1 Å². The van der Waals surface area contributed by atoms with Crippen LogP contribution in [0.2, 0.25) is 0 Å². The molecular formula is C10H14F2N2O2S. The molecule has 17 heavy (non-hydrogen) atoms. The Hall–Kier alpha value is -1.21. The molecule has 0 spiro atoms. The van der Waals surface area contributed by atoms with E-state index in [-0.39, 0.29) is 6.04 Å². The maximum absolute atomic E-state index is 12.2. The van der Waals surface area contributed by atoms with Gasteiger partial charge in [0.1, 0.15) is 0 Å². The number of alkyl halides is 2. The van der Waals surface area contributed by atoms with Crippen molar-refractivity contribution >= 4 is 15.5 Å². The van der Waals surface area contributed by atoms with Gasteiger partial charge in [-0.15, -0.1) is 0 Å². The van der Waals surface area contributed by atoms with Gasteiger partial charge in [-0.3, -0.25) is 0 Å². The number of sulfone groups is 1. The summed E-state index contributed by atoms with van der Waals surface area (Å²) in [5, 5.41) is 2.99. The van der Waals surface area contributed by atoms with Crippen molar-refractivity contribution in [3.8, 4) is 0 Å². The zero-order valence-electron chi connectivity index (χ0n) is 9.23. The number of benzene rings is 1. The van der Waals surface area contributed by atoms with Crippen LogP contribution >= 0.6 is 0 Å². The van der Waals surface area contributed by atoms with E-state index in [1.165, 1.54) is 12.1 Å². The topological polar surface area (TPSA) is 72.2 Å². The highest BCUT2D eigenvalue weighted by atomic mass is 32.2. The fraction of sp³-hybridized carbons (Fsp3) is 0.400. The predicted molar refractivity (Wildman–Crippen MR) is 61.8 cm³/mol. The van der Waals surface area contributed by atoms with Crippen LogP contribution in [-0.4, -0.2) is 26.8 Å². The molecule has 0 heterocycles. The third-order valence-electron chi connectivity index (χ3n) is 2.18. The van der Waals surface area contributed by atoms with Gasteiger partial charge >= 0.3 is 5.76 Å². The third kappa shape index (κ3) is 3.37. The maximum atomic E-state index is 12.2. The van der Waals surface area contributed by atoms with Crippen molar-refractivity contribution in [3.05, 3.63) is 24.3 Å². The molecule has 0 saturated carbocycles. The molecule has 0 aliphatic heterocycles. The molecule has 1 unspecified atom stereocenters. The molecule has 0 fully saturated rings. The first-order chi connectivity index (χ1) is 7.87. The Kier molecular flexibility index (Phi) is 4.41. The van der Waals surface area contributed by atoms with Gasteiger partial charge in [-0.2, -0.15) is 8.78 Å². The van der Waals surface area contributed by atoms with Gasteiger partial charge in [0.05, 0.1) is 4.90 Å². The van der Waals surface area contributed by atoms with Gasteiger partial charge in [-0.05, 0) is 31.2 Å². The van der Waals surface area contributed by atoms with E-state index in [1.54, 1.807) is 0 Å². The minimum Gasteiger partial charge on any atom is -0.381 e. The molecule has 0 aromatic heterocycles. The fourth-order valence-corrected chi connectivity index (χ4v) is 1.91. The molecule has 0 aliphatic rings. The summed E-state index contributed by atoms with van der Waals surface area (Å²) in [5.41, 5.74) is 6.04. The van der Waals surface area contributed by atoms with Gasteiger partial charge in [0.25, 0.3) is 0 Å². The summed E-state index contributed by atoms with van der Waals surface area (Å²) < 4.78 is 46.7. The molecule has 0 saturated heterocycles. The molecule has 0 aliphatic carbocycles. The summed E-state index contributed by atoms with van der Waals surface area (Å²) in [6, 6.07) is 5.18. The summed E-state index contributed by atoms with van der Waals surface area (Å²) >= 11 is 0. The van der Waals surface area contributed by atoms with Crippen molar-refractivity contribution in [3.63, 3.8) is 0 Å². The Balaban J connectivity index is 2.89. The Bertz CT molecular complexity index is 460. The summed E-state index contributed by atoms with van der Waals surface area (Å²) in [7, 11) is -4.51. The van der Waals surface area contributed by atoms with Gasteiger partial charge in [0, 0.05) is 18.3 Å². The molecule has 96 valence electrons. The molecule has 0 radical (unpaired) electrons. The van der Waals surface area contributed by atoms with E-state index in [1.807, 2.05) is 6.92 Å². The minimum atomic E-state index is -4.51. The number of nitrogens with two attached hydrogens (primary N) is 1. The van der Waals surface area contributed by atoms with Crippen LogP contribution in [0.5, 0.6) is 0 Å². The van der Waals surface area contributed by atoms with E-state index in [4.69, 9.17) is 5.73 Å². The Morgan fingerprint density at radius 2 is 1.82 bits per heavy atom. The summed E-state index contributed by atoms with van der Waals surface area (Å²) in [4.78, 5) is -0.390. The first kappa shape index (κ1) is 13.9. The highest BCUT2D eigenvalue weighted by Gasteiger charge is 2.26. The third-order valence-corrected chi connectivity index (χ3v) is 3.58. The molecule has 0 amide bonds. The molecule has 1 rings (SSSR count). The molecule has 3 N–H and O–H groups in total. The van der Waals surface area contributed by atoms with E-state index in [9.17, 15) is 17.2 Å². The van der Waals surface area contributed by atoms with Crippen molar-refractivity contribution in [2.45, 2.75) is 23.6 Å². The lowest BCUT2D eigenvalue weighted by Crippen LogP contribution is -2.25. The van der Waals surface area contributed by atoms with Crippen LogP contribution in [0.4, 0.5) is 14.5 Å². The highest BCUT2D eigenvalue weighted by Crippen LogP contribution is 2.20. The smallest absolute Gasteiger partial charge is 0.341 e. The average molecular weight is 264 g/mol. The first-order valence-corrected chi connectivity index (χ1v) is 6.51. The van der Waals surface area contributed by atoms with Crippen molar-refractivity contribution in [1.82, 2.24) is 0 Å². The quantitative estimate of drug-likeness (QED) is 0.844. The standard InChI is InChI=1S/C10H14F2N2O2S/c1-7(6-13)14-8-2-4-9(5-3-8)17(15,16)10(11)12/h2-5,7,10,14H,6,13H2,1H3. The highest BCUT2D eigenvalue weighted by molar-refractivity contribution is 7.91. The van der Waals surface area contributed by atoms with Gasteiger partial charge in [-0.25, -0.2) is 8.42 Å². The number of hydrogen-bond donors (Lipinski definition) is 2. The van der Waals surface area contributed by atoms with Gasteiger partial charge in [0.2, 0.25) is 9.84 Å². The largest absolute Gasteiger partial charge is 0.381 e. The summed E-state index contributed by atoms with van der Waals surface area (Å²) in [5.74, 6) is -3.40. The zero-order chi connectivity index (χ0) is 13.1. The first-order valence-electron chi connectivity index (χ1n) is 4.96. The normalized spacial score (nSPS) is 13.7. The number of halogens is 2. The molecule has 1 aromatic carbocycles. The fourth-order valence-electron chi connectivity index (χ4n) is 1.19. The van der Waals surface area contributed by atoms with Gasteiger partial charge in [-0.1, -0.05) is 0 Å². The second-order valence-corrected chi connectivity index (χ2v) is 5.53. The van der Waals surface area contributed by atoms with Crippen molar-refractivity contribution in [2.24, 2.45) is 5.73 Å². The minimum absolute atomic E-state index is 0.0209. The Morgan fingerprint density at radius 3 is 2.24 bits per heavy atom. The van der Waals surface area contributed by atoms with Crippen LogP contribution in [0, 0.1) is 0 Å².